The molecule has 0 amide bonds. The first-order valence-corrected chi connectivity index (χ1v) is 6.89. The number of aryl methyl sites for hydroxylation is 2. The largest absolute Gasteiger partial charge is 0.326 e. The van der Waals surface area contributed by atoms with Crippen LogP contribution in [-0.2, 0) is 6.54 Å². The van der Waals surface area contributed by atoms with Gasteiger partial charge in [0.1, 0.15) is 0 Å². The molecule has 2 rings (SSSR count). The smallest absolute Gasteiger partial charge is 0.0409 e. The van der Waals surface area contributed by atoms with Crippen molar-refractivity contribution < 1.29 is 0 Å². The summed E-state index contributed by atoms with van der Waals surface area (Å²) in [5.41, 5.74) is 14.7. The van der Waals surface area contributed by atoms with Crippen molar-refractivity contribution in [1.82, 2.24) is 0 Å². The van der Waals surface area contributed by atoms with Crippen molar-refractivity contribution in [3.05, 3.63) is 57.1 Å². The maximum atomic E-state index is 6.07. The Kier molecular flexibility index (Phi) is 3.98. The van der Waals surface area contributed by atoms with Crippen LogP contribution in [-0.4, -0.2) is 0 Å². The minimum atomic E-state index is 0.502. The highest BCUT2D eigenvalue weighted by Gasteiger charge is 2.13. The average molecular weight is 274 g/mol. The summed E-state index contributed by atoms with van der Waals surface area (Å²) in [4.78, 5) is 0. The van der Waals surface area contributed by atoms with Gasteiger partial charge < -0.3 is 5.73 Å². The van der Waals surface area contributed by atoms with E-state index in [0.717, 1.165) is 10.6 Å². The zero-order valence-electron chi connectivity index (χ0n) is 12.0. The summed E-state index contributed by atoms with van der Waals surface area (Å²) in [6, 6.07) is 8.23. The van der Waals surface area contributed by atoms with Gasteiger partial charge in [-0.2, -0.15) is 0 Å². The summed E-state index contributed by atoms with van der Waals surface area (Å²) in [6.45, 7) is 9.16. The predicted octanol–water partition coefficient (Wildman–Crippen LogP) is 4.70. The van der Waals surface area contributed by atoms with E-state index in [2.05, 4.69) is 39.8 Å². The standard InChI is InChI=1S/C17H20ClN/c1-10-7-11(2)13(4)17(12(10)3)16-6-5-15(18)8-14(16)9-19/h5-8H,9,19H2,1-4H3. The van der Waals surface area contributed by atoms with E-state index in [9.17, 15) is 0 Å². The molecule has 0 aliphatic heterocycles. The Labute approximate surface area is 120 Å². The summed E-state index contributed by atoms with van der Waals surface area (Å²) in [5, 5.41) is 0.740. The quantitative estimate of drug-likeness (QED) is 0.843. The molecule has 0 unspecified atom stereocenters. The van der Waals surface area contributed by atoms with Gasteiger partial charge in [0.25, 0.3) is 0 Å². The first kappa shape index (κ1) is 14.1. The van der Waals surface area contributed by atoms with Gasteiger partial charge >= 0.3 is 0 Å². The monoisotopic (exact) mass is 273 g/mol. The third kappa shape index (κ3) is 2.54. The molecule has 2 aromatic rings. The zero-order valence-corrected chi connectivity index (χ0v) is 12.7. The molecule has 0 saturated heterocycles. The first-order chi connectivity index (χ1) is 8.95. The number of halogens is 1. The second-order valence-electron chi connectivity index (χ2n) is 5.14. The molecule has 0 fully saturated rings. The van der Waals surface area contributed by atoms with Gasteiger partial charge in [0.15, 0.2) is 0 Å². The van der Waals surface area contributed by atoms with Crippen LogP contribution in [0.5, 0.6) is 0 Å². The summed E-state index contributed by atoms with van der Waals surface area (Å²) in [6.07, 6.45) is 0. The van der Waals surface area contributed by atoms with Gasteiger partial charge in [0.05, 0.1) is 0 Å². The van der Waals surface area contributed by atoms with Crippen LogP contribution < -0.4 is 5.73 Å². The summed E-state index contributed by atoms with van der Waals surface area (Å²) in [7, 11) is 0. The Morgan fingerprint density at radius 2 is 1.53 bits per heavy atom. The molecule has 0 aromatic heterocycles. The highest BCUT2D eigenvalue weighted by molar-refractivity contribution is 6.30. The van der Waals surface area contributed by atoms with E-state index >= 15 is 0 Å². The van der Waals surface area contributed by atoms with Crippen LogP contribution in [0.3, 0.4) is 0 Å². The lowest BCUT2D eigenvalue weighted by Gasteiger charge is -2.18. The first-order valence-electron chi connectivity index (χ1n) is 6.52. The third-order valence-electron chi connectivity index (χ3n) is 3.92. The molecule has 0 atom stereocenters. The van der Waals surface area contributed by atoms with Crippen LogP contribution in [0.1, 0.15) is 27.8 Å². The fraction of sp³-hybridized carbons (Fsp3) is 0.294. The van der Waals surface area contributed by atoms with E-state index in [4.69, 9.17) is 17.3 Å². The van der Waals surface area contributed by atoms with Gasteiger partial charge in [0, 0.05) is 11.6 Å². The minimum absolute atomic E-state index is 0.502. The number of rotatable bonds is 2. The van der Waals surface area contributed by atoms with Crippen molar-refractivity contribution in [1.29, 1.82) is 0 Å². The maximum Gasteiger partial charge on any atom is 0.0409 e. The molecular weight excluding hydrogens is 254 g/mol. The molecular formula is C17H20ClN. The summed E-state index contributed by atoms with van der Waals surface area (Å²) >= 11 is 6.07. The fourth-order valence-corrected chi connectivity index (χ4v) is 2.79. The van der Waals surface area contributed by atoms with Gasteiger partial charge in [-0.3, -0.25) is 0 Å². The number of hydrogen-bond acceptors (Lipinski definition) is 1. The third-order valence-corrected chi connectivity index (χ3v) is 4.16. The van der Waals surface area contributed by atoms with E-state index in [1.165, 1.54) is 33.4 Å². The molecule has 1 nitrogen and oxygen atoms in total. The van der Waals surface area contributed by atoms with Crippen molar-refractivity contribution in [2.75, 3.05) is 0 Å². The molecule has 0 aliphatic carbocycles. The van der Waals surface area contributed by atoms with Crippen molar-refractivity contribution in [3.63, 3.8) is 0 Å². The molecule has 0 aliphatic rings. The van der Waals surface area contributed by atoms with Gasteiger partial charge in [-0.1, -0.05) is 23.7 Å². The molecule has 0 radical (unpaired) electrons. The highest BCUT2D eigenvalue weighted by atomic mass is 35.5. The van der Waals surface area contributed by atoms with Gasteiger partial charge in [-0.05, 0) is 78.8 Å². The lowest BCUT2D eigenvalue weighted by Crippen LogP contribution is -2.02. The summed E-state index contributed by atoms with van der Waals surface area (Å²) in [5.74, 6) is 0. The molecule has 0 bridgehead atoms. The van der Waals surface area contributed by atoms with Crippen LogP contribution in [0.4, 0.5) is 0 Å². The lowest BCUT2D eigenvalue weighted by molar-refractivity contribution is 1.07. The van der Waals surface area contributed by atoms with Crippen LogP contribution in [0, 0.1) is 27.7 Å². The molecule has 0 spiro atoms. The Balaban J connectivity index is 2.79. The Bertz CT molecular complexity index is 603. The molecule has 2 heteroatoms. The molecule has 19 heavy (non-hydrogen) atoms. The number of benzene rings is 2. The van der Waals surface area contributed by atoms with E-state index < -0.39 is 0 Å². The highest BCUT2D eigenvalue weighted by Crippen LogP contribution is 2.34. The Hall–Kier alpha value is -1.31. The van der Waals surface area contributed by atoms with E-state index in [1.807, 2.05) is 12.1 Å². The normalized spacial score (nSPS) is 10.8. The second-order valence-corrected chi connectivity index (χ2v) is 5.58. The van der Waals surface area contributed by atoms with Crippen molar-refractivity contribution >= 4 is 11.6 Å². The molecule has 0 saturated carbocycles. The fourth-order valence-electron chi connectivity index (χ4n) is 2.60. The van der Waals surface area contributed by atoms with E-state index in [1.54, 1.807) is 0 Å². The molecule has 2 aromatic carbocycles. The molecule has 0 heterocycles. The predicted molar refractivity (Wildman–Crippen MR) is 83.7 cm³/mol. The molecule has 2 N–H and O–H groups in total. The minimum Gasteiger partial charge on any atom is -0.326 e. The lowest BCUT2D eigenvalue weighted by atomic mass is 9.87. The van der Waals surface area contributed by atoms with Crippen molar-refractivity contribution in [2.45, 2.75) is 34.2 Å². The topological polar surface area (TPSA) is 26.0 Å². The van der Waals surface area contributed by atoms with Crippen LogP contribution in [0.15, 0.2) is 24.3 Å². The van der Waals surface area contributed by atoms with Crippen molar-refractivity contribution in [2.24, 2.45) is 5.73 Å². The number of nitrogens with two attached hydrogens (primary N) is 1. The van der Waals surface area contributed by atoms with Gasteiger partial charge in [-0.25, -0.2) is 0 Å². The van der Waals surface area contributed by atoms with Crippen LogP contribution >= 0.6 is 11.6 Å². The summed E-state index contributed by atoms with van der Waals surface area (Å²) < 4.78 is 0. The average Bonchev–Trinajstić information content (AvgIpc) is 2.38. The van der Waals surface area contributed by atoms with Crippen LogP contribution in [0.2, 0.25) is 5.02 Å². The molecule has 100 valence electrons. The SMILES string of the molecule is Cc1cc(C)c(C)c(-c2ccc(Cl)cc2CN)c1C. The van der Waals surface area contributed by atoms with E-state index in [0.29, 0.717) is 6.54 Å². The van der Waals surface area contributed by atoms with E-state index in [-0.39, 0.29) is 0 Å². The Morgan fingerprint density at radius 3 is 2.05 bits per heavy atom. The Morgan fingerprint density at radius 1 is 0.947 bits per heavy atom. The number of hydrogen-bond donors (Lipinski definition) is 1. The maximum absolute atomic E-state index is 6.07. The van der Waals surface area contributed by atoms with Gasteiger partial charge in [0.2, 0.25) is 0 Å². The zero-order chi connectivity index (χ0) is 14.2. The second kappa shape index (κ2) is 5.36. The van der Waals surface area contributed by atoms with Gasteiger partial charge in [-0.15, -0.1) is 0 Å². The van der Waals surface area contributed by atoms with Crippen LogP contribution in [0.25, 0.3) is 11.1 Å². The van der Waals surface area contributed by atoms with Crippen molar-refractivity contribution in [3.8, 4) is 11.1 Å².